The van der Waals surface area contributed by atoms with Gasteiger partial charge in [-0.2, -0.15) is 0 Å². The van der Waals surface area contributed by atoms with E-state index in [4.69, 9.17) is 4.74 Å². The summed E-state index contributed by atoms with van der Waals surface area (Å²) in [4.78, 5) is 12.7. The maximum Gasteiger partial charge on any atom is 0.197 e. The van der Waals surface area contributed by atoms with Gasteiger partial charge in [-0.3, -0.25) is 4.79 Å². The van der Waals surface area contributed by atoms with Crippen LogP contribution in [-0.4, -0.2) is 12.4 Å². The van der Waals surface area contributed by atoms with Gasteiger partial charge in [-0.05, 0) is 30.5 Å². The standard InChI is InChI=1S/C18H20O2/c1-3-13-20-17-12-8-7-11-16(17)18(19)15-10-6-5-9-14(15)4-2/h5-12H,3-4,13H2,1-2H3. The number of aryl methyl sites for hydroxylation is 1. The summed E-state index contributed by atoms with van der Waals surface area (Å²) in [7, 11) is 0. The smallest absolute Gasteiger partial charge is 0.197 e. The van der Waals surface area contributed by atoms with Gasteiger partial charge in [0.1, 0.15) is 5.75 Å². The van der Waals surface area contributed by atoms with E-state index in [9.17, 15) is 4.79 Å². The molecule has 0 aliphatic carbocycles. The van der Waals surface area contributed by atoms with Gasteiger partial charge in [0.2, 0.25) is 0 Å². The van der Waals surface area contributed by atoms with Crippen molar-refractivity contribution in [3.8, 4) is 5.75 Å². The van der Waals surface area contributed by atoms with Crippen molar-refractivity contribution < 1.29 is 9.53 Å². The minimum absolute atomic E-state index is 0.0363. The Morgan fingerprint density at radius 3 is 2.30 bits per heavy atom. The average Bonchev–Trinajstić information content (AvgIpc) is 2.52. The monoisotopic (exact) mass is 268 g/mol. The fraction of sp³-hybridized carbons (Fsp3) is 0.278. The lowest BCUT2D eigenvalue weighted by Crippen LogP contribution is -2.08. The van der Waals surface area contributed by atoms with Gasteiger partial charge in [0.05, 0.1) is 12.2 Å². The number of ether oxygens (including phenoxy) is 1. The van der Waals surface area contributed by atoms with E-state index >= 15 is 0 Å². The lowest BCUT2D eigenvalue weighted by atomic mass is 9.96. The summed E-state index contributed by atoms with van der Waals surface area (Å²) in [6.07, 6.45) is 1.77. The third kappa shape index (κ3) is 3.08. The predicted molar refractivity (Wildman–Crippen MR) is 81.5 cm³/mol. The van der Waals surface area contributed by atoms with Gasteiger partial charge in [0.15, 0.2) is 5.78 Å². The molecule has 0 unspecified atom stereocenters. The molecule has 0 N–H and O–H groups in total. The Kier molecular flexibility index (Phi) is 4.94. The molecule has 2 rings (SSSR count). The molecule has 2 heteroatoms. The van der Waals surface area contributed by atoms with Crippen LogP contribution in [0.3, 0.4) is 0 Å². The Morgan fingerprint density at radius 1 is 0.950 bits per heavy atom. The topological polar surface area (TPSA) is 26.3 Å². The van der Waals surface area contributed by atoms with Crippen LogP contribution in [0.25, 0.3) is 0 Å². The molecular weight excluding hydrogens is 248 g/mol. The zero-order valence-corrected chi connectivity index (χ0v) is 12.1. The molecule has 2 aromatic rings. The van der Waals surface area contributed by atoms with Crippen molar-refractivity contribution in [2.45, 2.75) is 26.7 Å². The zero-order valence-electron chi connectivity index (χ0n) is 12.1. The lowest BCUT2D eigenvalue weighted by Gasteiger charge is -2.11. The average molecular weight is 268 g/mol. The molecule has 0 saturated carbocycles. The van der Waals surface area contributed by atoms with Crippen LogP contribution in [0.1, 0.15) is 41.8 Å². The first-order valence-electron chi connectivity index (χ1n) is 7.12. The highest BCUT2D eigenvalue weighted by Gasteiger charge is 2.16. The molecular formula is C18H20O2. The van der Waals surface area contributed by atoms with Crippen molar-refractivity contribution in [2.24, 2.45) is 0 Å². The molecule has 0 aliphatic rings. The molecule has 20 heavy (non-hydrogen) atoms. The molecule has 0 bridgehead atoms. The fourth-order valence-corrected chi connectivity index (χ4v) is 2.19. The largest absolute Gasteiger partial charge is 0.493 e. The number of hydrogen-bond acceptors (Lipinski definition) is 2. The minimum Gasteiger partial charge on any atom is -0.493 e. The predicted octanol–water partition coefficient (Wildman–Crippen LogP) is 4.27. The van der Waals surface area contributed by atoms with Crippen molar-refractivity contribution in [1.82, 2.24) is 0 Å². The van der Waals surface area contributed by atoms with Crippen LogP contribution in [0.5, 0.6) is 5.75 Å². The summed E-state index contributed by atoms with van der Waals surface area (Å²) in [5.74, 6) is 0.708. The van der Waals surface area contributed by atoms with E-state index in [-0.39, 0.29) is 5.78 Å². The van der Waals surface area contributed by atoms with Gasteiger partial charge in [0.25, 0.3) is 0 Å². The molecule has 0 atom stereocenters. The second kappa shape index (κ2) is 6.90. The molecule has 0 heterocycles. The highest BCUT2D eigenvalue weighted by Crippen LogP contribution is 2.23. The number of carbonyl (C=O) groups excluding carboxylic acids is 1. The van der Waals surface area contributed by atoms with Crippen molar-refractivity contribution >= 4 is 5.78 Å². The van der Waals surface area contributed by atoms with Gasteiger partial charge in [-0.15, -0.1) is 0 Å². The summed E-state index contributed by atoms with van der Waals surface area (Å²) in [5.41, 5.74) is 2.48. The van der Waals surface area contributed by atoms with E-state index in [1.54, 1.807) is 0 Å². The summed E-state index contributed by atoms with van der Waals surface area (Å²) < 4.78 is 5.68. The van der Waals surface area contributed by atoms with Crippen molar-refractivity contribution in [2.75, 3.05) is 6.61 Å². The Hall–Kier alpha value is -2.09. The van der Waals surface area contributed by atoms with Crippen molar-refractivity contribution in [1.29, 1.82) is 0 Å². The van der Waals surface area contributed by atoms with Crippen LogP contribution in [-0.2, 0) is 6.42 Å². The number of carbonyl (C=O) groups is 1. The van der Waals surface area contributed by atoms with Crippen LogP contribution in [0.4, 0.5) is 0 Å². The van der Waals surface area contributed by atoms with E-state index in [0.717, 1.165) is 24.0 Å². The minimum atomic E-state index is 0.0363. The summed E-state index contributed by atoms with van der Waals surface area (Å²) in [6.45, 7) is 4.74. The Morgan fingerprint density at radius 2 is 1.60 bits per heavy atom. The second-order valence-electron chi connectivity index (χ2n) is 4.68. The molecule has 0 aliphatic heterocycles. The van der Waals surface area contributed by atoms with Gasteiger partial charge >= 0.3 is 0 Å². The van der Waals surface area contributed by atoms with Crippen molar-refractivity contribution in [3.63, 3.8) is 0 Å². The van der Waals surface area contributed by atoms with Crippen LogP contribution < -0.4 is 4.74 Å². The molecule has 104 valence electrons. The first kappa shape index (κ1) is 14.3. The number of ketones is 1. The van der Waals surface area contributed by atoms with Crippen LogP contribution >= 0.6 is 0 Å². The molecule has 0 spiro atoms. The Labute approximate surface area is 120 Å². The zero-order chi connectivity index (χ0) is 14.4. The van der Waals surface area contributed by atoms with E-state index in [1.165, 1.54) is 0 Å². The summed E-state index contributed by atoms with van der Waals surface area (Å²) >= 11 is 0. The lowest BCUT2D eigenvalue weighted by molar-refractivity contribution is 0.103. The first-order chi connectivity index (χ1) is 9.77. The van der Waals surface area contributed by atoms with E-state index in [2.05, 4.69) is 13.8 Å². The van der Waals surface area contributed by atoms with Crippen LogP contribution in [0, 0.1) is 0 Å². The van der Waals surface area contributed by atoms with E-state index in [0.29, 0.717) is 17.9 Å². The van der Waals surface area contributed by atoms with Crippen molar-refractivity contribution in [3.05, 3.63) is 65.2 Å². The fourth-order valence-electron chi connectivity index (χ4n) is 2.19. The molecule has 0 fully saturated rings. The van der Waals surface area contributed by atoms with Gasteiger partial charge in [-0.1, -0.05) is 50.2 Å². The molecule has 0 amide bonds. The SMILES string of the molecule is CCCOc1ccccc1C(=O)c1ccccc1CC. The van der Waals surface area contributed by atoms with E-state index in [1.807, 2.05) is 48.5 Å². The molecule has 2 nitrogen and oxygen atoms in total. The number of benzene rings is 2. The molecule has 0 radical (unpaired) electrons. The number of hydrogen-bond donors (Lipinski definition) is 0. The number of rotatable bonds is 6. The van der Waals surface area contributed by atoms with Crippen LogP contribution in [0.15, 0.2) is 48.5 Å². The van der Waals surface area contributed by atoms with Crippen LogP contribution in [0.2, 0.25) is 0 Å². The van der Waals surface area contributed by atoms with Gasteiger partial charge < -0.3 is 4.74 Å². The van der Waals surface area contributed by atoms with E-state index < -0.39 is 0 Å². The maximum absolute atomic E-state index is 12.7. The third-order valence-electron chi connectivity index (χ3n) is 3.24. The number of para-hydroxylation sites is 1. The highest BCUT2D eigenvalue weighted by molar-refractivity contribution is 6.11. The quantitative estimate of drug-likeness (QED) is 0.731. The summed E-state index contributed by atoms with van der Waals surface area (Å²) in [5, 5.41) is 0. The normalized spacial score (nSPS) is 10.3. The summed E-state index contributed by atoms with van der Waals surface area (Å²) in [6, 6.07) is 15.2. The Balaban J connectivity index is 2.38. The molecule has 2 aromatic carbocycles. The first-order valence-corrected chi connectivity index (χ1v) is 7.12. The Bertz CT molecular complexity index is 587. The maximum atomic E-state index is 12.7. The second-order valence-corrected chi connectivity index (χ2v) is 4.68. The molecule has 0 saturated heterocycles. The molecule has 0 aromatic heterocycles. The third-order valence-corrected chi connectivity index (χ3v) is 3.24. The van der Waals surface area contributed by atoms with Gasteiger partial charge in [-0.25, -0.2) is 0 Å². The van der Waals surface area contributed by atoms with Gasteiger partial charge in [0, 0.05) is 5.56 Å². The highest BCUT2D eigenvalue weighted by atomic mass is 16.5.